The minimum Gasteiger partial charge on any atom is -0.394 e. The fourth-order valence-electron chi connectivity index (χ4n) is 4.77. The molecule has 0 spiro atoms. The number of aliphatic hydroxyl groups is 2. The van der Waals surface area contributed by atoms with Crippen molar-refractivity contribution in [1.29, 1.82) is 0 Å². The lowest BCUT2D eigenvalue weighted by Gasteiger charge is -2.40. The summed E-state index contributed by atoms with van der Waals surface area (Å²) in [6, 6.07) is 2.21. The molecule has 13 heteroatoms. The van der Waals surface area contributed by atoms with Crippen LogP contribution >= 0.6 is 49.6 Å². The lowest BCUT2D eigenvalue weighted by atomic mass is 10.0. The van der Waals surface area contributed by atoms with Crippen molar-refractivity contribution in [2.75, 3.05) is 64.4 Å². The predicted molar refractivity (Wildman–Crippen MR) is 139 cm³/mol. The molecular weight excluding hydrogens is 514 g/mol. The Balaban J connectivity index is 0.00000256. The summed E-state index contributed by atoms with van der Waals surface area (Å²) >= 11 is 0. The van der Waals surface area contributed by atoms with Gasteiger partial charge in [0, 0.05) is 51.2 Å². The number of halogens is 4. The maximum absolute atomic E-state index is 10.8. The zero-order chi connectivity index (χ0) is 20.2. The van der Waals surface area contributed by atoms with E-state index in [0.29, 0.717) is 12.6 Å². The lowest BCUT2D eigenvalue weighted by molar-refractivity contribution is -0.0222. The number of rotatable bonds is 6. The number of aromatic nitrogens is 2. The van der Waals surface area contributed by atoms with Gasteiger partial charge in [0.25, 0.3) is 0 Å². The maximum atomic E-state index is 10.8. The molecule has 0 saturated carbocycles. The second-order valence-electron chi connectivity index (χ2n) is 8.43. The molecular formula is C20H38Cl4N6O3. The van der Waals surface area contributed by atoms with Crippen molar-refractivity contribution in [2.24, 2.45) is 0 Å². The van der Waals surface area contributed by atoms with Crippen LogP contribution in [0.5, 0.6) is 0 Å². The number of aliphatic hydroxyl groups excluding tert-OH is 2. The molecule has 1 aromatic rings. The number of anilines is 1. The van der Waals surface area contributed by atoms with Gasteiger partial charge in [-0.25, -0.2) is 9.97 Å². The highest BCUT2D eigenvalue weighted by Gasteiger charge is 2.46. The Kier molecular flexibility index (Phi) is 15.6. The van der Waals surface area contributed by atoms with Gasteiger partial charge in [0.2, 0.25) is 5.95 Å². The summed E-state index contributed by atoms with van der Waals surface area (Å²) in [7, 11) is 2.16. The third-order valence-electron chi connectivity index (χ3n) is 6.54. The fourth-order valence-corrected chi connectivity index (χ4v) is 4.77. The van der Waals surface area contributed by atoms with E-state index in [1.807, 2.05) is 6.07 Å². The standard InChI is InChI=1S/C20H34N6O3.4ClH/c1-24-7-3-15(4-8-24)23-13-16-18(19(28)17(14-27)29-16)25-9-11-26(12-10-25)20-21-5-2-6-22-20;;;;/h2,5-6,15-19,23,27-28H,3-4,7-14H2,1H3;4*1H/t16-,17+,18+,19-;;;;/m1..../s1. The van der Waals surface area contributed by atoms with E-state index >= 15 is 0 Å². The molecule has 0 bridgehead atoms. The van der Waals surface area contributed by atoms with Crippen LogP contribution in [0.2, 0.25) is 0 Å². The maximum Gasteiger partial charge on any atom is 0.225 e. The van der Waals surface area contributed by atoms with Gasteiger partial charge in [0.1, 0.15) is 12.2 Å². The summed E-state index contributed by atoms with van der Waals surface area (Å²) in [4.78, 5) is 15.5. The second-order valence-corrected chi connectivity index (χ2v) is 8.43. The van der Waals surface area contributed by atoms with Crippen molar-refractivity contribution < 1.29 is 14.9 Å². The van der Waals surface area contributed by atoms with Crippen LogP contribution < -0.4 is 10.2 Å². The molecule has 3 aliphatic rings. The summed E-state index contributed by atoms with van der Waals surface area (Å²) in [5.74, 6) is 0.754. The number of piperazine rings is 1. The van der Waals surface area contributed by atoms with Gasteiger partial charge in [0.05, 0.1) is 18.8 Å². The zero-order valence-corrected chi connectivity index (χ0v) is 22.1. The van der Waals surface area contributed by atoms with Crippen LogP contribution in [0.15, 0.2) is 18.5 Å². The lowest BCUT2D eigenvalue weighted by Crippen LogP contribution is -2.58. The topological polar surface area (TPSA) is 97.2 Å². The molecule has 0 aliphatic carbocycles. The third-order valence-corrected chi connectivity index (χ3v) is 6.54. The summed E-state index contributed by atoms with van der Waals surface area (Å²) in [6.07, 6.45) is 4.48. The quantitative estimate of drug-likeness (QED) is 0.465. The van der Waals surface area contributed by atoms with E-state index in [2.05, 4.69) is 37.0 Å². The zero-order valence-electron chi connectivity index (χ0n) is 18.9. The third kappa shape index (κ3) is 8.17. The molecule has 3 fully saturated rings. The van der Waals surface area contributed by atoms with Crippen LogP contribution in [0.3, 0.4) is 0 Å². The molecule has 33 heavy (non-hydrogen) atoms. The first kappa shape index (κ1) is 32.8. The Morgan fingerprint density at radius 2 is 1.58 bits per heavy atom. The molecule has 4 heterocycles. The van der Waals surface area contributed by atoms with Gasteiger partial charge in [-0.3, -0.25) is 4.90 Å². The van der Waals surface area contributed by atoms with E-state index in [0.717, 1.165) is 58.1 Å². The van der Waals surface area contributed by atoms with Crippen LogP contribution in [0.4, 0.5) is 5.95 Å². The van der Waals surface area contributed by atoms with E-state index in [4.69, 9.17) is 4.74 Å². The molecule has 4 rings (SSSR count). The van der Waals surface area contributed by atoms with Gasteiger partial charge in [-0.05, 0) is 39.0 Å². The minimum atomic E-state index is -0.677. The molecule has 4 atom stereocenters. The number of nitrogens with one attached hydrogen (secondary N) is 1. The molecule has 3 aliphatic heterocycles. The van der Waals surface area contributed by atoms with Crippen molar-refractivity contribution in [1.82, 2.24) is 25.1 Å². The molecule has 0 aromatic carbocycles. The summed E-state index contributed by atoms with van der Waals surface area (Å²) in [5, 5.41) is 24.1. The largest absolute Gasteiger partial charge is 0.394 e. The second kappa shape index (κ2) is 15.7. The number of ether oxygens (including phenoxy) is 1. The molecule has 0 radical (unpaired) electrons. The molecule has 3 N–H and O–H groups in total. The number of hydrogen-bond acceptors (Lipinski definition) is 9. The van der Waals surface area contributed by atoms with Crippen molar-refractivity contribution in [3.8, 4) is 0 Å². The molecule has 0 amide bonds. The van der Waals surface area contributed by atoms with E-state index in [1.165, 1.54) is 0 Å². The van der Waals surface area contributed by atoms with E-state index in [9.17, 15) is 10.2 Å². The first-order chi connectivity index (χ1) is 14.2. The van der Waals surface area contributed by atoms with Crippen LogP contribution in [-0.4, -0.2) is 120 Å². The molecule has 194 valence electrons. The monoisotopic (exact) mass is 550 g/mol. The van der Waals surface area contributed by atoms with Crippen LogP contribution in [0.1, 0.15) is 12.8 Å². The van der Waals surface area contributed by atoms with Crippen molar-refractivity contribution in [3.63, 3.8) is 0 Å². The highest BCUT2D eigenvalue weighted by atomic mass is 35.5. The average molecular weight is 552 g/mol. The first-order valence-electron chi connectivity index (χ1n) is 10.8. The SMILES string of the molecule is CN1CCC(NC[C@H]2O[C@@H](CO)[C@@H](O)[C@H]2N2CCN(c3ncccn3)CC2)CC1.Cl.Cl.Cl.Cl. The Bertz CT molecular complexity index is 639. The number of hydrogen-bond donors (Lipinski definition) is 3. The predicted octanol–water partition coefficient (Wildman–Crippen LogP) is 0.459. The Morgan fingerprint density at radius 1 is 0.970 bits per heavy atom. The van der Waals surface area contributed by atoms with Crippen LogP contribution in [0.25, 0.3) is 0 Å². The summed E-state index contributed by atoms with van der Waals surface area (Å²) < 4.78 is 6.06. The van der Waals surface area contributed by atoms with Crippen molar-refractivity contribution in [2.45, 2.75) is 43.2 Å². The number of nitrogens with zero attached hydrogens (tertiary/aromatic N) is 5. The first-order valence-corrected chi connectivity index (χ1v) is 10.8. The Morgan fingerprint density at radius 3 is 2.15 bits per heavy atom. The van der Waals surface area contributed by atoms with Crippen molar-refractivity contribution in [3.05, 3.63) is 18.5 Å². The van der Waals surface area contributed by atoms with Crippen molar-refractivity contribution >= 4 is 55.6 Å². The fraction of sp³-hybridized carbons (Fsp3) is 0.800. The Labute approximate surface area is 221 Å². The molecule has 1 aromatic heterocycles. The normalized spacial score (nSPS) is 28.8. The minimum absolute atomic E-state index is 0. The van der Waals surface area contributed by atoms with Gasteiger partial charge in [-0.15, -0.1) is 49.6 Å². The van der Waals surface area contributed by atoms with E-state index in [1.54, 1.807) is 12.4 Å². The molecule has 9 nitrogen and oxygen atoms in total. The Hall–Kier alpha value is -0.200. The number of likely N-dealkylation sites (tertiary alicyclic amines) is 1. The van der Waals surface area contributed by atoms with Gasteiger partial charge in [-0.1, -0.05) is 0 Å². The summed E-state index contributed by atoms with van der Waals surface area (Å²) in [6.45, 7) is 6.02. The van der Waals surface area contributed by atoms with Crippen LogP contribution in [-0.2, 0) is 4.74 Å². The molecule has 3 saturated heterocycles. The van der Waals surface area contributed by atoms with Gasteiger partial charge >= 0.3 is 0 Å². The van der Waals surface area contributed by atoms with Gasteiger partial charge < -0.3 is 30.1 Å². The average Bonchev–Trinajstić information content (AvgIpc) is 3.09. The van der Waals surface area contributed by atoms with Gasteiger partial charge in [-0.2, -0.15) is 0 Å². The smallest absolute Gasteiger partial charge is 0.225 e. The van der Waals surface area contributed by atoms with E-state index < -0.39 is 12.2 Å². The number of piperidine rings is 1. The van der Waals surface area contributed by atoms with E-state index in [-0.39, 0.29) is 68.4 Å². The summed E-state index contributed by atoms with van der Waals surface area (Å²) in [5.41, 5.74) is 0. The van der Waals surface area contributed by atoms with Gasteiger partial charge in [0.15, 0.2) is 0 Å². The van der Waals surface area contributed by atoms with Crippen LogP contribution in [0, 0.1) is 0 Å². The highest BCUT2D eigenvalue weighted by Crippen LogP contribution is 2.27. The highest BCUT2D eigenvalue weighted by molar-refractivity contribution is 5.86. The molecule has 0 unspecified atom stereocenters.